The predicted octanol–water partition coefficient (Wildman–Crippen LogP) is 3.76. The molecule has 1 amide bonds. The number of carbonyl (C=O) groups is 1. The van der Waals surface area contributed by atoms with E-state index in [9.17, 15) is 4.79 Å². The van der Waals surface area contributed by atoms with Gasteiger partial charge in [-0.25, -0.2) is 0 Å². The van der Waals surface area contributed by atoms with Gasteiger partial charge in [0.1, 0.15) is 0 Å². The van der Waals surface area contributed by atoms with Gasteiger partial charge in [-0.05, 0) is 23.8 Å². The van der Waals surface area contributed by atoms with E-state index in [0.717, 1.165) is 11.1 Å². The molecule has 86 valence electrons. The molecule has 0 radical (unpaired) electrons. The highest BCUT2D eigenvalue weighted by atomic mass is 35.5. The fourth-order valence-corrected chi connectivity index (χ4v) is 1.98. The minimum atomic E-state index is -0.468. The van der Waals surface area contributed by atoms with E-state index in [-0.39, 0.29) is 0 Å². The number of amides is 1. The molecule has 0 aromatic heterocycles. The molecule has 17 heavy (non-hydrogen) atoms. The minimum Gasteiger partial charge on any atom is -0.366 e. The van der Waals surface area contributed by atoms with Crippen molar-refractivity contribution >= 4 is 29.1 Å². The van der Waals surface area contributed by atoms with Crippen molar-refractivity contribution in [1.29, 1.82) is 0 Å². The highest BCUT2D eigenvalue weighted by Gasteiger charge is 2.08. The molecule has 0 fully saturated rings. The van der Waals surface area contributed by atoms with Crippen LogP contribution < -0.4 is 5.73 Å². The van der Waals surface area contributed by atoms with Gasteiger partial charge in [-0.15, -0.1) is 0 Å². The lowest BCUT2D eigenvalue weighted by molar-refractivity contribution is 0.100. The van der Waals surface area contributed by atoms with Crippen LogP contribution in [0.15, 0.2) is 42.5 Å². The SMILES string of the molecule is NC(=O)c1cccc(-c2cccc(Cl)c2Cl)c1. The first-order valence-electron chi connectivity index (χ1n) is 4.94. The van der Waals surface area contributed by atoms with Gasteiger partial charge in [0.2, 0.25) is 5.91 Å². The molecule has 0 heterocycles. The van der Waals surface area contributed by atoms with Gasteiger partial charge in [0.25, 0.3) is 0 Å². The maximum Gasteiger partial charge on any atom is 0.248 e. The molecular weight excluding hydrogens is 257 g/mol. The monoisotopic (exact) mass is 265 g/mol. The average Bonchev–Trinajstić information content (AvgIpc) is 2.33. The van der Waals surface area contributed by atoms with Gasteiger partial charge in [-0.2, -0.15) is 0 Å². The Bertz CT molecular complexity index is 581. The fraction of sp³-hybridized carbons (Fsp3) is 0. The normalized spacial score (nSPS) is 10.2. The molecule has 0 atom stereocenters. The Morgan fingerprint density at radius 1 is 1.06 bits per heavy atom. The average molecular weight is 266 g/mol. The molecule has 2 N–H and O–H groups in total. The summed E-state index contributed by atoms with van der Waals surface area (Å²) in [6, 6.07) is 12.3. The maximum absolute atomic E-state index is 11.1. The summed E-state index contributed by atoms with van der Waals surface area (Å²) in [5.41, 5.74) is 7.27. The van der Waals surface area contributed by atoms with Crippen LogP contribution >= 0.6 is 23.2 Å². The van der Waals surface area contributed by atoms with Gasteiger partial charge >= 0.3 is 0 Å². The first-order valence-corrected chi connectivity index (χ1v) is 5.69. The van der Waals surface area contributed by atoms with Crippen molar-refractivity contribution in [2.75, 3.05) is 0 Å². The third-order valence-electron chi connectivity index (χ3n) is 2.41. The molecule has 0 spiro atoms. The fourth-order valence-electron chi connectivity index (χ4n) is 1.57. The Morgan fingerprint density at radius 2 is 1.76 bits per heavy atom. The van der Waals surface area contributed by atoms with E-state index in [1.807, 2.05) is 12.1 Å². The number of benzene rings is 2. The molecule has 0 bridgehead atoms. The topological polar surface area (TPSA) is 43.1 Å². The second-order valence-electron chi connectivity index (χ2n) is 3.55. The smallest absolute Gasteiger partial charge is 0.248 e. The summed E-state index contributed by atoms with van der Waals surface area (Å²) >= 11 is 12.1. The maximum atomic E-state index is 11.1. The van der Waals surface area contributed by atoms with E-state index in [2.05, 4.69) is 0 Å². The van der Waals surface area contributed by atoms with Crippen LogP contribution in [0, 0.1) is 0 Å². The van der Waals surface area contributed by atoms with Crippen LogP contribution in [0.25, 0.3) is 11.1 Å². The van der Waals surface area contributed by atoms with Crippen molar-refractivity contribution in [3.63, 3.8) is 0 Å². The number of halogens is 2. The number of primary amides is 1. The van der Waals surface area contributed by atoms with Crippen LogP contribution in [0.5, 0.6) is 0 Å². The number of hydrogen-bond donors (Lipinski definition) is 1. The summed E-state index contributed by atoms with van der Waals surface area (Å²) in [4.78, 5) is 11.1. The lowest BCUT2D eigenvalue weighted by Gasteiger charge is -2.06. The van der Waals surface area contributed by atoms with Crippen molar-refractivity contribution in [3.05, 3.63) is 58.1 Å². The van der Waals surface area contributed by atoms with Gasteiger partial charge in [-0.1, -0.05) is 47.5 Å². The number of hydrogen-bond acceptors (Lipinski definition) is 1. The van der Waals surface area contributed by atoms with Gasteiger partial charge in [0.15, 0.2) is 0 Å². The van der Waals surface area contributed by atoms with Gasteiger partial charge in [0.05, 0.1) is 10.0 Å². The summed E-state index contributed by atoms with van der Waals surface area (Å²) in [5.74, 6) is -0.468. The molecule has 0 aliphatic heterocycles. The Balaban J connectivity index is 2.57. The number of nitrogens with two attached hydrogens (primary N) is 1. The summed E-state index contributed by atoms with van der Waals surface area (Å²) < 4.78 is 0. The second kappa shape index (κ2) is 4.78. The molecule has 0 aliphatic carbocycles. The molecular formula is C13H9Cl2NO. The van der Waals surface area contributed by atoms with Crippen LogP contribution in [0.4, 0.5) is 0 Å². The molecule has 2 rings (SSSR count). The first-order chi connectivity index (χ1) is 8.09. The van der Waals surface area contributed by atoms with Gasteiger partial charge in [0, 0.05) is 11.1 Å². The minimum absolute atomic E-state index is 0.443. The van der Waals surface area contributed by atoms with Gasteiger partial charge in [-0.3, -0.25) is 4.79 Å². The van der Waals surface area contributed by atoms with Gasteiger partial charge < -0.3 is 5.73 Å². The lowest BCUT2D eigenvalue weighted by Crippen LogP contribution is -2.10. The van der Waals surface area contributed by atoms with Crippen LogP contribution in [-0.4, -0.2) is 5.91 Å². The summed E-state index contributed by atoms with van der Waals surface area (Å²) in [5, 5.41) is 0.949. The third-order valence-corrected chi connectivity index (χ3v) is 3.23. The summed E-state index contributed by atoms with van der Waals surface area (Å²) in [6.45, 7) is 0. The van der Waals surface area contributed by atoms with E-state index in [1.165, 1.54) is 0 Å². The lowest BCUT2D eigenvalue weighted by atomic mass is 10.0. The van der Waals surface area contributed by atoms with Crippen LogP contribution in [0.1, 0.15) is 10.4 Å². The molecule has 0 aliphatic rings. The van der Waals surface area contributed by atoms with E-state index < -0.39 is 5.91 Å². The summed E-state index contributed by atoms with van der Waals surface area (Å²) in [6.07, 6.45) is 0. The highest BCUT2D eigenvalue weighted by Crippen LogP contribution is 2.33. The van der Waals surface area contributed by atoms with Crippen LogP contribution in [-0.2, 0) is 0 Å². The quantitative estimate of drug-likeness (QED) is 0.883. The van der Waals surface area contributed by atoms with E-state index >= 15 is 0 Å². The first kappa shape index (κ1) is 12.0. The number of rotatable bonds is 2. The Hall–Kier alpha value is -1.51. The molecule has 0 saturated heterocycles. The third kappa shape index (κ3) is 2.43. The Labute approximate surface area is 109 Å². The highest BCUT2D eigenvalue weighted by molar-refractivity contribution is 6.43. The van der Waals surface area contributed by atoms with E-state index in [4.69, 9.17) is 28.9 Å². The zero-order chi connectivity index (χ0) is 12.4. The van der Waals surface area contributed by atoms with Crippen molar-refractivity contribution in [1.82, 2.24) is 0 Å². The molecule has 0 unspecified atom stereocenters. The standard InChI is InChI=1S/C13H9Cl2NO/c14-11-6-2-5-10(12(11)15)8-3-1-4-9(7-8)13(16)17/h1-7H,(H2,16,17). The van der Waals surface area contributed by atoms with Crippen molar-refractivity contribution in [2.45, 2.75) is 0 Å². The second-order valence-corrected chi connectivity index (χ2v) is 4.33. The summed E-state index contributed by atoms with van der Waals surface area (Å²) in [7, 11) is 0. The van der Waals surface area contributed by atoms with Crippen molar-refractivity contribution < 1.29 is 4.79 Å². The molecule has 2 aromatic carbocycles. The largest absolute Gasteiger partial charge is 0.366 e. The Kier molecular flexibility index (Phi) is 3.36. The molecule has 4 heteroatoms. The number of carbonyl (C=O) groups excluding carboxylic acids is 1. The predicted molar refractivity (Wildman–Crippen MR) is 70.4 cm³/mol. The zero-order valence-corrected chi connectivity index (χ0v) is 10.3. The Morgan fingerprint density at radius 3 is 2.47 bits per heavy atom. The molecule has 0 saturated carbocycles. The zero-order valence-electron chi connectivity index (χ0n) is 8.78. The molecule has 2 aromatic rings. The van der Waals surface area contributed by atoms with Crippen molar-refractivity contribution in [3.8, 4) is 11.1 Å². The van der Waals surface area contributed by atoms with Crippen LogP contribution in [0.3, 0.4) is 0 Å². The van der Waals surface area contributed by atoms with Crippen LogP contribution in [0.2, 0.25) is 10.0 Å². The van der Waals surface area contributed by atoms with E-state index in [1.54, 1.807) is 30.3 Å². The molecule has 2 nitrogen and oxygen atoms in total. The van der Waals surface area contributed by atoms with Crippen molar-refractivity contribution in [2.24, 2.45) is 5.73 Å². The van der Waals surface area contributed by atoms with E-state index in [0.29, 0.717) is 15.6 Å².